The minimum Gasteiger partial charge on any atom is -0.481 e. The summed E-state index contributed by atoms with van der Waals surface area (Å²) in [5.41, 5.74) is 0.932. The van der Waals surface area contributed by atoms with E-state index in [2.05, 4.69) is 9.88 Å². The lowest BCUT2D eigenvalue weighted by Crippen LogP contribution is -2.31. The van der Waals surface area contributed by atoms with E-state index < -0.39 is 5.97 Å². The molecule has 1 atom stereocenters. The second-order valence-corrected chi connectivity index (χ2v) is 5.92. The lowest BCUT2D eigenvalue weighted by Gasteiger charge is -2.28. The van der Waals surface area contributed by atoms with Crippen LogP contribution in [0.1, 0.15) is 48.8 Å². The lowest BCUT2D eigenvalue weighted by molar-refractivity contribution is -0.138. The van der Waals surface area contributed by atoms with E-state index in [1.165, 1.54) is 25.7 Å². The number of aliphatic carboxylic acids is 1. The highest BCUT2D eigenvalue weighted by atomic mass is 32.1. The van der Waals surface area contributed by atoms with E-state index in [1.54, 1.807) is 11.3 Å². The van der Waals surface area contributed by atoms with E-state index in [0.717, 1.165) is 23.8 Å². The maximum atomic E-state index is 11.1. The second kappa shape index (κ2) is 6.29. The molecule has 2 heterocycles. The Morgan fingerprint density at radius 3 is 2.61 bits per heavy atom. The van der Waals surface area contributed by atoms with Gasteiger partial charge in [-0.1, -0.05) is 12.8 Å². The van der Waals surface area contributed by atoms with E-state index in [1.807, 2.05) is 12.3 Å². The SMILES string of the molecule is Cc1nc(C(CC(=O)O)N2CCCCCC2)cs1. The molecule has 1 saturated heterocycles. The average molecular weight is 268 g/mol. The van der Waals surface area contributed by atoms with Crippen molar-refractivity contribution in [3.8, 4) is 0 Å². The summed E-state index contributed by atoms with van der Waals surface area (Å²) in [5.74, 6) is -0.741. The van der Waals surface area contributed by atoms with Crippen molar-refractivity contribution >= 4 is 17.3 Å². The third-order valence-corrected chi connectivity index (χ3v) is 4.22. The smallest absolute Gasteiger partial charge is 0.305 e. The number of aryl methyl sites for hydroxylation is 1. The standard InChI is InChI=1S/C13H20N2O2S/c1-10-14-11(9-18-10)12(8-13(16)17)15-6-4-2-3-5-7-15/h9,12H,2-8H2,1H3,(H,16,17). The molecule has 0 radical (unpaired) electrons. The fourth-order valence-electron chi connectivity index (χ4n) is 2.53. The van der Waals surface area contributed by atoms with Crippen LogP contribution in [0, 0.1) is 6.92 Å². The third-order valence-electron chi connectivity index (χ3n) is 3.43. The summed E-state index contributed by atoms with van der Waals surface area (Å²) >= 11 is 1.60. The molecule has 18 heavy (non-hydrogen) atoms. The first-order valence-corrected chi connectivity index (χ1v) is 7.42. The Balaban J connectivity index is 2.15. The molecule has 0 aliphatic carbocycles. The molecule has 0 saturated carbocycles. The number of carboxylic acids is 1. The highest BCUT2D eigenvalue weighted by Gasteiger charge is 2.25. The van der Waals surface area contributed by atoms with Gasteiger partial charge in [-0.3, -0.25) is 9.69 Å². The Bertz CT molecular complexity index is 397. The largest absolute Gasteiger partial charge is 0.481 e. The van der Waals surface area contributed by atoms with Gasteiger partial charge < -0.3 is 5.11 Å². The van der Waals surface area contributed by atoms with Crippen LogP contribution >= 0.6 is 11.3 Å². The normalized spacial score (nSPS) is 19.4. The zero-order valence-corrected chi connectivity index (χ0v) is 11.6. The molecule has 5 heteroatoms. The van der Waals surface area contributed by atoms with Crippen molar-refractivity contribution in [3.05, 3.63) is 16.1 Å². The number of carbonyl (C=O) groups is 1. The van der Waals surface area contributed by atoms with E-state index in [9.17, 15) is 4.79 Å². The predicted molar refractivity (Wildman–Crippen MR) is 71.9 cm³/mol. The molecule has 4 nitrogen and oxygen atoms in total. The summed E-state index contributed by atoms with van der Waals surface area (Å²) in [7, 11) is 0. The quantitative estimate of drug-likeness (QED) is 0.912. The number of likely N-dealkylation sites (tertiary alicyclic amines) is 1. The molecule has 1 fully saturated rings. The van der Waals surface area contributed by atoms with Crippen LogP contribution in [0.4, 0.5) is 0 Å². The number of nitrogens with zero attached hydrogens (tertiary/aromatic N) is 2. The van der Waals surface area contributed by atoms with Gasteiger partial charge in [-0.25, -0.2) is 4.98 Å². The van der Waals surface area contributed by atoms with Gasteiger partial charge in [0, 0.05) is 5.38 Å². The average Bonchev–Trinajstić information content (AvgIpc) is 2.60. The zero-order chi connectivity index (χ0) is 13.0. The molecule has 0 spiro atoms. The Morgan fingerprint density at radius 1 is 1.44 bits per heavy atom. The fourth-order valence-corrected chi connectivity index (χ4v) is 3.19. The lowest BCUT2D eigenvalue weighted by atomic mass is 10.1. The zero-order valence-electron chi connectivity index (χ0n) is 10.8. The van der Waals surface area contributed by atoms with E-state index in [-0.39, 0.29) is 12.5 Å². The number of aromatic nitrogens is 1. The molecular weight excluding hydrogens is 248 g/mol. The van der Waals surface area contributed by atoms with Crippen LogP contribution in [0.3, 0.4) is 0 Å². The number of thiazole rings is 1. The molecule has 1 aromatic rings. The molecule has 1 aliphatic heterocycles. The molecule has 1 aliphatic rings. The van der Waals surface area contributed by atoms with Crippen molar-refractivity contribution in [2.75, 3.05) is 13.1 Å². The first kappa shape index (κ1) is 13.5. The van der Waals surface area contributed by atoms with Crippen LogP contribution in [0.2, 0.25) is 0 Å². The minimum absolute atomic E-state index is 0.0504. The van der Waals surface area contributed by atoms with Crippen LogP contribution < -0.4 is 0 Å². The minimum atomic E-state index is -0.741. The number of rotatable bonds is 4. The molecule has 0 bridgehead atoms. The van der Waals surface area contributed by atoms with Crippen molar-refractivity contribution < 1.29 is 9.90 Å². The first-order valence-electron chi connectivity index (χ1n) is 6.54. The summed E-state index contributed by atoms with van der Waals surface area (Å²) in [5, 5.41) is 12.1. The van der Waals surface area contributed by atoms with Gasteiger partial charge in [0.15, 0.2) is 0 Å². The highest BCUT2D eigenvalue weighted by Crippen LogP contribution is 2.28. The molecule has 1 N–H and O–H groups in total. The first-order chi connectivity index (χ1) is 8.66. The highest BCUT2D eigenvalue weighted by molar-refractivity contribution is 7.09. The number of hydrogen-bond donors (Lipinski definition) is 1. The van der Waals surface area contributed by atoms with Crippen LogP contribution in [0.5, 0.6) is 0 Å². The van der Waals surface area contributed by atoms with Gasteiger partial charge in [0.05, 0.1) is 23.2 Å². The van der Waals surface area contributed by atoms with E-state index >= 15 is 0 Å². The summed E-state index contributed by atoms with van der Waals surface area (Å²) in [6, 6.07) is -0.0504. The summed E-state index contributed by atoms with van der Waals surface area (Å²) < 4.78 is 0. The van der Waals surface area contributed by atoms with Gasteiger partial charge in [0.25, 0.3) is 0 Å². The maximum absolute atomic E-state index is 11.1. The number of carboxylic acid groups (broad SMARTS) is 1. The van der Waals surface area contributed by atoms with Crippen molar-refractivity contribution in [2.24, 2.45) is 0 Å². The number of hydrogen-bond acceptors (Lipinski definition) is 4. The van der Waals surface area contributed by atoms with Crippen LogP contribution in [0.15, 0.2) is 5.38 Å². The Labute approximate surface area is 112 Å². The van der Waals surface area contributed by atoms with Crippen molar-refractivity contribution in [1.82, 2.24) is 9.88 Å². The van der Waals surface area contributed by atoms with Gasteiger partial charge in [-0.15, -0.1) is 11.3 Å². The van der Waals surface area contributed by atoms with Crippen molar-refractivity contribution in [2.45, 2.75) is 45.1 Å². The summed E-state index contributed by atoms with van der Waals surface area (Å²) in [6.07, 6.45) is 5.00. The molecule has 100 valence electrons. The summed E-state index contributed by atoms with van der Waals surface area (Å²) in [4.78, 5) is 17.9. The monoisotopic (exact) mass is 268 g/mol. The predicted octanol–water partition coefficient (Wildman–Crippen LogP) is 2.84. The molecule has 0 amide bonds. The molecule has 1 aromatic heterocycles. The maximum Gasteiger partial charge on any atom is 0.305 e. The van der Waals surface area contributed by atoms with Gasteiger partial charge >= 0.3 is 5.97 Å². The van der Waals surface area contributed by atoms with Gasteiger partial charge in [0.2, 0.25) is 0 Å². The second-order valence-electron chi connectivity index (χ2n) is 4.86. The van der Waals surface area contributed by atoms with Gasteiger partial charge in [0.1, 0.15) is 0 Å². The topological polar surface area (TPSA) is 53.4 Å². The van der Waals surface area contributed by atoms with E-state index in [4.69, 9.17) is 5.11 Å². The van der Waals surface area contributed by atoms with Gasteiger partial charge in [-0.2, -0.15) is 0 Å². The molecule has 2 rings (SSSR count). The van der Waals surface area contributed by atoms with Gasteiger partial charge in [-0.05, 0) is 32.9 Å². The van der Waals surface area contributed by atoms with Crippen molar-refractivity contribution in [3.63, 3.8) is 0 Å². The fraction of sp³-hybridized carbons (Fsp3) is 0.692. The molecule has 1 unspecified atom stereocenters. The molecule has 0 aromatic carbocycles. The van der Waals surface area contributed by atoms with E-state index in [0.29, 0.717) is 0 Å². The Hall–Kier alpha value is -0.940. The van der Waals surface area contributed by atoms with Crippen LogP contribution in [0.25, 0.3) is 0 Å². The van der Waals surface area contributed by atoms with Crippen LogP contribution in [-0.4, -0.2) is 34.0 Å². The van der Waals surface area contributed by atoms with Crippen LogP contribution in [-0.2, 0) is 4.79 Å². The summed E-state index contributed by atoms with van der Waals surface area (Å²) in [6.45, 7) is 3.96. The third kappa shape index (κ3) is 3.53. The Morgan fingerprint density at radius 2 is 2.11 bits per heavy atom. The van der Waals surface area contributed by atoms with Crippen molar-refractivity contribution in [1.29, 1.82) is 0 Å². The Kier molecular flexibility index (Phi) is 4.72. The molecular formula is C13H20N2O2S.